The zero-order valence-corrected chi connectivity index (χ0v) is 11.3. The summed E-state index contributed by atoms with van der Waals surface area (Å²) in [6, 6.07) is 13.0. The maximum absolute atomic E-state index is 12.0. The Hall–Kier alpha value is -2.49. The van der Waals surface area contributed by atoms with Crippen LogP contribution >= 0.6 is 0 Å². The maximum Gasteiger partial charge on any atom is 0.339 e. The van der Waals surface area contributed by atoms with Gasteiger partial charge in [0.15, 0.2) is 17.6 Å². The number of carbonyl (C=O) groups is 1. The summed E-state index contributed by atoms with van der Waals surface area (Å²) in [5.74, 6) is 0.796. The van der Waals surface area contributed by atoms with Gasteiger partial charge in [-0.25, -0.2) is 4.79 Å². The van der Waals surface area contributed by atoms with Gasteiger partial charge >= 0.3 is 5.97 Å². The predicted molar refractivity (Wildman–Crippen MR) is 73.2 cm³/mol. The normalized spacial score (nSPS) is 16.5. The highest BCUT2D eigenvalue weighted by atomic mass is 16.6. The topological polar surface area (TPSA) is 44.8 Å². The van der Waals surface area contributed by atoms with Crippen LogP contribution in [0.1, 0.15) is 27.6 Å². The zero-order chi connectivity index (χ0) is 14.1. The second kappa shape index (κ2) is 4.89. The summed E-state index contributed by atoms with van der Waals surface area (Å²) in [6.45, 7) is 0. The van der Waals surface area contributed by atoms with E-state index in [0.29, 0.717) is 17.1 Å². The fourth-order valence-electron chi connectivity index (χ4n) is 2.48. The molecule has 1 heterocycles. The van der Waals surface area contributed by atoms with Crippen LogP contribution in [0.15, 0.2) is 42.5 Å². The average Bonchev–Trinajstić information content (AvgIpc) is 2.84. The van der Waals surface area contributed by atoms with Crippen LogP contribution in [0.25, 0.3) is 0 Å². The standard InChI is InChI=1S/C16H14O4/c1-18-12-9-8-11-13(15(12)19-2)14(20-16(11)17)10-6-4-3-5-7-10/h3-9,14H,1-2H3. The van der Waals surface area contributed by atoms with Crippen LogP contribution in [0.4, 0.5) is 0 Å². The van der Waals surface area contributed by atoms with Crippen molar-refractivity contribution in [2.45, 2.75) is 6.10 Å². The lowest BCUT2D eigenvalue weighted by molar-refractivity contribution is 0.0454. The third-order valence-electron chi connectivity index (χ3n) is 3.39. The van der Waals surface area contributed by atoms with Crippen LogP contribution in [0.2, 0.25) is 0 Å². The van der Waals surface area contributed by atoms with E-state index in [9.17, 15) is 4.79 Å². The Labute approximate surface area is 116 Å². The number of benzene rings is 2. The molecule has 0 bridgehead atoms. The van der Waals surface area contributed by atoms with Crippen molar-refractivity contribution in [3.63, 3.8) is 0 Å². The molecule has 0 radical (unpaired) electrons. The number of esters is 1. The Bertz CT molecular complexity index is 649. The summed E-state index contributed by atoms with van der Waals surface area (Å²) in [4.78, 5) is 12.0. The molecule has 0 N–H and O–H groups in total. The van der Waals surface area contributed by atoms with Crippen LogP contribution in [0.3, 0.4) is 0 Å². The summed E-state index contributed by atoms with van der Waals surface area (Å²) >= 11 is 0. The summed E-state index contributed by atoms with van der Waals surface area (Å²) in [5, 5.41) is 0. The smallest absolute Gasteiger partial charge is 0.339 e. The monoisotopic (exact) mass is 270 g/mol. The minimum atomic E-state index is -0.455. The third kappa shape index (κ3) is 1.81. The largest absolute Gasteiger partial charge is 0.493 e. The highest BCUT2D eigenvalue weighted by Gasteiger charge is 2.36. The summed E-state index contributed by atoms with van der Waals surface area (Å²) in [7, 11) is 3.13. The van der Waals surface area contributed by atoms with E-state index in [2.05, 4.69) is 0 Å². The molecular weight excluding hydrogens is 256 g/mol. The molecule has 102 valence electrons. The van der Waals surface area contributed by atoms with E-state index < -0.39 is 6.10 Å². The molecule has 0 saturated carbocycles. The molecule has 0 amide bonds. The highest BCUT2D eigenvalue weighted by Crippen LogP contribution is 2.45. The third-order valence-corrected chi connectivity index (χ3v) is 3.39. The second-order valence-corrected chi connectivity index (χ2v) is 4.46. The van der Waals surface area contributed by atoms with Crippen molar-refractivity contribution >= 4 is 5.97 Å². The first-order chi connectivity index (χ1) is 9.76. The van der Waals surface area contributed by atoms with Crippen LogP contribution < -0.4 is 9.47 Å². The highest BCUT2D eigenvalue weighted by molar-refractivity contribution is 5.96. The Balaban J connectivity index is 2.20. The zero-order valence-electron chi connectivity index (χ0n) is 11.3. The van der Waals surface area contributed by atoms with Crippen LogP contribution in [-0.2, 0) is 4.74 Å². The average molecular weight is 270 g/mol. The van der Waals surface area contributed by atoms with E-state index in [0.717, 1.165) is 11.1 Å². The van der Waals surface area contributed by atoms with Crippen LogP contribution in [0.5, 0.6) is 11.5 Å². The molecule has 0 saturated heterocycles. The van der Waals surface area contributed by atoms with Gasteiger partial charge in [-0.05, 0) is 17.7 Å². The molecule has 2 aromatic carbocycles. The number of cyclic esters (lactones) is 1. The molecule has 0 aromatic heterocycles. The van der Waals surface area contributed by atoms with Gasteiger partial charge in [-0.2, -0.15) is 0 Å². The first-order valence-corrected chi connectivity index (χ1v) is 6.27. The molecule has 1 atom stereocenters. The lowest BCUT2D eigenvalue weighted by atomic mass is 9.98. The fraction of sp³-hybridized carbons (Fsp3) is 0.188. The molecule has 1 aliphatic rings. The van der Waals surface area contributed by atoms with Crippen molar-refractivity contribution in [1.82, 2.24) is 0 Å². The number of carbonyl (C=O) groups excluding carboxylic acids is 1. The van der Waals surface area contributed by atoms with E-state index in [4.69, 9.17) is 14.2 Å². The molecule has 0 spiro atoms. The van der Waals surface area contributed by atoms with Crippen molar-refractivity contribution in [2.24, 2.45) is 0 Å². The Kier molecular flexibility index (Phi) is 3.06. The maximum atomic E-state index is 12.0. The number of methoxy groups -OCH3 is 2. The van der Waals surface area contributed by atoms with Crippen molar-refractivity contribution in [3.05, 3.63) is 59.2 Å². The van der Waals surface area contributed by atoms with Gasteiger partial charge in [0.25, 0.3) is 0 Å². The van der Waals surface area contributed by atoms with Gasteiger partial charge in [-0.15, -0.1) is 0 Å². The molecule has 3 rings (SSSR count). The van der Waals surface area contributed by atoms with E-state index in [1.807, 2.05) is 30.3 Å². The lowest BCUT2D eigenvalue weighted by Crippen LogP contribution is -2.02. The van der Waals surface area contributed by atoms with Gasteiger partial charge in [-0.3, -0.25) is 0 Å². The van der Waals surface area contributed by atoms with Crippen molar-refractivity contribution in [3.8, 4) is 11.5 Å². The van der Waals surface area contributed by atoms with E-state index >= 15 is 0 Å². The molecule has 2 aromatic rings. The Morgan fingerprint density at radius 3 is 2.40 bits per heavy atom. The van der Waals surface area contributed by atoms with Gasteiger partial charge in [0, 0.05) is 0 Å². The Morgan fingerprint density at radius 1 is 1.00 bits per heavy atom. The van der Waals surface area contributed by atoms with E-state index in [1.165, 1.54) is 0 Å². The minimum absolute atomic E-state index is 0.338. The molecule has 1 aliphatic heterocycles. The van der Waals surface area contributed by atoms with Gasteiger partial charge in [0.2, 0.25) is 0 Å². The molecule has 4 heteroatoms. The summed E-state index contributed by atoms with van der Waals surface area (Å²) < 4.78 is 16.2. The number of ether oxygens (including phenoxy) is 3. The number of rotatable bonds is 3. The quantitative estimate of drug-likeness (QED) is 0.804. The van der Waals surface area contributed by atoms with Crippen molar-refractivity contribution in [2.75, 3.05) is 14.2 Å². The number of hydrogen-bond acceptors (Lipinski definition) is 4. The number of hydrogen-bond donors (Lipinski definition) is 0. The minimum Gasteiger partial charge on any atom is -0.493 e. The first kappa shape index (κ1) is 12.5. The van der Waals surface area contributed by atoms with Gasteiger partial charge in [0.1, 0.15) is 0 Å². The molecule has 0 aliphatic carbocycles. The predicted octanol–water partition coefficient (Wildman–Crippen LogP) is 2.96. The lowest BCUT2D eigenvalue weighted by Gasteiger charge is -2.15. The van der Waals surface area contributed by atoms with Crippen LogP contribution in [-0.4, -0.2) is 20.2 Å². The summed E-state index contributed by atoms with van der Waals surface area (Å²) in [5.41, 5.74) is 2.16. The fourth-order valence-corrected chi connectivity index (χ4v) is 2.48. The van der Waals surface area contributed by atoms with Crippen molar-refractivity contribution in [1.29, 1.82) is 0 Å². The van der Waals surface area contributed by atoms with Crippen molar-refractivity contribution < 1.29 is 19.0 Å². The Morgan fingerprint density at radius 2 is 1.75 bits per heavy atom. The van der Waals surface area contributed by atoms with E-state index in [-0.39, 0.29) is 5.97 Å². The van der Waals surface area contributed by atoms with Gasteiger partial charge in [-0.1, -0.05) is 30.3 Å². The molecule has 1 unspecified atom stereocenters. The summed E-state index contributed by atoms with van der Waals surface area (Å²) in [6.07, 6.45) is -0.455. The molecular formula is C16H14O4. The van der Waals surface area contributed by atoms with E-state index in [1.54, 1.807) is 26.4 Å². The molecule has 20 heavy (non-hydrogen) atoms. The second-order valence-electron chi connectivity index (χ2n) is 4.46. The molecule has 0 fully saturated rings. The number of fused-ring (bicyclic) bond motifs is 1. The SMILES string of the molecule is COc1ccc2c(c1OC)C(c1ccccc1)OC2=O. The van der Waals surface area contributed by atoms with Gasteiger partial charge < -0.3 is 14.2 Å². The molecule has 4 nitrogen and oxygen atoms in total. The van der Waals surface area contributed by atoms with Gasteiger partial charge in [0.05, 0.1) is 25.3 Å². The van der Waals surface area contributed by atoms with Crippen LogP contribution in [0, 0.1) is 0 Å². The first-order valence-electron chi connectivity index (χ1n) is 6.27.